The summed E-state index contributed by atoms with van der Waals surface area (Å²) in [5.74, 6) is 0.673. The van der Waals surface area contributed by atoms with Crippen molar-refractivity contribution in [3.05, 3.63) is 36.0 Å². The number of aromatic amines is 1. The molecule has 2 aromatic rings. The Morgan fingerprint density at radius 3 is 2.95 bits per heavy atom. The first-order valence-electron chi connectivity index (χ1n) is 7.87. The standard InChI is InChI=1S/C17H25N3/c18-11-13-5-1-3-7-16(13)19-10-9-14-12-20-17-8-4-2-6-15(14)17/h2,4,6,8,12-13,16,19-20H,1,3,5,7,9-11,18H2. The SMILES string of the molecule is NCC1CCCCC1NCCc1c[nH]c2ccccc12. The number of benzene rings is 1. The number of nitrogens with one attached hydrogen (secondary N) is 2. The molecular weight excluding hydrogens is 246 g/mol. The number of rotatable bonds is 5. The zero-order valence-corrected chi connectivity index (χ0v) is 12.1. The third kappa shape index (κ3) is 2.89. The first-order chi connectivity index (χ1) is 9.88. The molecule has 2 unspecified atom stereocenters. The Kier molecular flexibility index (Phi) is 4.38. The van der Waals surface area contributed by atoms with Crippen LogP contribution in [0.25, 0.3) is 10.9 Å². The third-order valence-electron chi connectivity index (χ3n) is 4.69. The van der Waals surface area contributed by atoms with Crippen molar-refractivity contribution in [3.8, 4) is 0 Å². The van der Waals surface area contributed by atoms with E-state index in [2.05, 4.69) is 40.8 Å². The van der Waals surface area contributed by atoms with E-state index in [1.165, 1.54) is 42.1 Å². The Morgan fingerprint density at radius 2 is 2.05 bits per heavy atom. The maximum Gasteiger partial charge on any atom is 0.0456 e. The second-order valence-electron chi connectivity index (χ2n) is 5.95. The minimum atomic E-state index is 0.624. The van der Waals surface area contributed by atoms with E-state index in [4.69, 9.17) is 5.73 Å². The Bertz CT molecular complexity index is 546. The summed E-state index contributed by atoms with van der Waals surface area (Å²) < 4.78 is 0. The van der Waals surface area contributed by atoms with Crippen LogP contribution < -0.4 is 11.1 Å². The summed E-state index contributed by atoms with van der Waals surface area (Å²) in [5, 5.41) is 5.09. The van der Waals surface area contributed by atoms with Gasteiger partial charge in [-0.25, -0.2) is 0 Å². The lowest BCUT2D eigenvalue weighted by Gasteiger charge is -2.31. The van der Waals surface area contributed by atoms with Gasteiger partial charge in [-0.05, 0) is 49.9 Å². The number of H-pyrrole nitrogens is 1. The summed E-state index contributed by atoms with van der Waals surface area (Å²) in [5.41, 5.74) is 8.54. The van der Waals surface area contributed by atoms with Crippen molar-refractivity contribution < 1.29 is 0 Å². The quantitative estimate of drug-likeness (QED) is 0.783. The van der Waals surface area contributed by atoms with Crippen LogP contribution in [0.2, 0.25) is 0 Å². The van der Waals surface area contributed by atoms with E-state index in [1.54, 1.807) is 0 Å². The highest BCUT2D eigenvalue weighted by Crippen LogP contribution is 2.23. The van der Waals surface area contributed by atoms with Crippen molar-refractivity contribution in [3.63, 3.8) is 0 Å². The van der Waals surface area contributed by atoms with Crippen molar-refractivity contribution >= 4 is 10.9 Å². The van der Waals surface area contributed by atoms with Crippen LogP contribution in [0.4, 0.5) is 0 Å². The third-order valence-corrected chi connectivity index (χ3v) is 4.69. The molecule has 3 rings (SSSR count). The van der Waals surface area contributed by atoms with E-state index in [-0.39, 0.29) is 0 Å². The molecule has 1 aromatic carbocycles. The lowest BCUT2D eigenvalue weighted by atomic mass is 9.84. The Balaban J connectivity index is 1.57. The minimum absolute atomic E-state index is 0.624. The summed E-state index contributed by atoms with van der Waals surface area (Å²) >= 11 is 0. The molecule has 1 aliphatic carbocycles. The smallest absolute Gasteiger partial charge is 0.0456 e. The van der Waals surface area contributed by atoms with Crippen LogP contribution in [0.5, 0.6) is 0 Å². The summed E-state index contributed by atoms with van der Waals surface area (Å²) in [7, 11) is 0. The van der Waals surface area contributed by atoms with Gasteiger partial charge in [-0.2, -0.15) is 0 Å². The number of fused-ring (bicyclic) bond motifs is 1. The summed E-state index contributed by atoms with van der Waals surface area (Å²) in [6.45, 7) is 1.87. The van der Waals surface area contributed by atoms with Crippen LogP contribution in [-0.2, 0) is 6.42 Å². The second kappa shape index (κ2) is 6.42. The fraction of sp³-hybridized carbons (Fsp3) is 0.529. The molecule has 1 saturated carbocycles. The number of hydrogen-bond acceptors (Lipinski definition) is 2. The van der Waals surface area contributed by atoms with Crippen molar-refractivity contribution in [2.75, 3.05) is 13.1 Å². The minimum Gasteiger partial charge on any atom is -0.361 e. The second-order valence-corrected chi connectivity index (χ2v) is 5.95. The van der Waals surface area contributed by atoms with Gasteiger partial charge in [-0.1, -0.05) is 31.0 Å². The highest BCUT2D eigenvalue weighted by Gasteiger charge is 2.23. The molecular formula is C17H25N3. The van der Waals surface area contributed by atoms with Crippen LogP contribution in [0.15, 0.2) is 30.5 Å². The Hall–Kier alpha value is -1.32. The highest BCUT2D eigenvalue weighted by molar-refractivity contribution is 5.83. The molecule has 3 heteroatoms. The molecule has 2 atom stereocenters. The largest absolute Gasteiger partial charge is 0.361 e. The maximum absolute atomic E-state index is 5.89. The van der Waals surface area contributed by atoms with Gasteiger partial charge in [0.15, 0.2) is 0 Å². The van der Waals surface area contributed by atoms with Gasteiger partial charge in [0, 0.05) is 23.1 Å². The molecule has 1 fully saturated rings. The predicted octanol–water partition coefficient (Wildman–Crippen LogP) is 2.82. The number of hydrogen-bond donors (Lipinski definition) is 3. The van der Waals surface area contributed by atoms with Crippen LogP contribution in [0, 0.1) is 5.92 Å². The molecule has 4 N–H and O–H groups in total. The lowest BCUT2D eigenvalue weighted by molar-refractivity contribution is 0.269. The number of nitrogens with two attached hydrogens (primary N) is 1. The van der Waals surface area contributed by atoms with E-state index in [9.17, 15) is 0 Å². The number of aromatic nitrogens is 1. The van der Waals surface area contributed by atoms with Crippen molar-refractivity contribution in [2.45, 2.75) is 38.1 Å². The molecule has 0 radical (unpaired) electrons. The zero-order valence-electron chi connectivity index (χ0n) is 12.1. The first kappa shape index (κ1) is 13.7. The van der Waals surface area contributed by atoms with Crippen LogP contribution in [-0.4, -0.2) is 24.1 Å². The molecule has 20 heavy (non-hydrogen) atoms. The van der Waals surface area contributed by atoms with E-state index in [1.807, 2.05) is 0 Å². The highest BCUT2D eigenvalue weighted by atomic mass is 14.9. The van der Waals surface area contributed by atoms with Gasteiger partial charge in [-0.3, -0.25) is 0 Å². The molecule has 3 nitrogen and oxygen atoms in total. The van der Waals surface area contributed by atoms with Crippen LogP contribution >= 0.6 is 0 Å². The van der Waals surface area contributed by atoms with Crippen molar-refractivity contribution in [1.29, 1.82) is 0 Å². The molecule has 108 valence electrons. The van der Waals surface area contributed by atoms with Gasteiger partial charge in [0.1, 0.15) is 0 Å². The zero-order chi connectivity index (χ0) is 13.8. The number of para-hydroxylation sites is 1. The topological polar surface area (TPSA) is 53.8 Å². The summed E-state index contributed by atoms with van der Waals surface area (Å²) in [4.78, 5) is 3.35. The van der Waals surface area contributed by atoms with Gasteiger partial charge >= 0.3 is 0 Å². The van der Waals surface area contributed by atoms with E-state index < -0.39 is 0 Å². The van der Waals surface area contributed by atoms with Gasteiger partial charge in [0.05, 0.1) is 0 Å². The molecule has 1 heterocycles. The van der Waals surface area contributed by atoms with Crippen molar-refractivity contribution in [2.24, 2.45) is 11.7 Å². The van der Waals surface area contributed by atoms with Gasteiger partial charge in [0.25, 0.3) is 0 Å². The fourth-order valence-corrected chi connectivity index (χ4v) is 3.49. The fourth-order valence-electron chi connectivity index (χ4n) is 3.49. The van der Waals surface area contributed by atoms with Gasteiger partial charge in [-0.15, -0.1) is 0 Å². The van der Waals surface area contributed by atoms with E-state index >= 15 is 0 Å². The monoisotopic (exact) mass is 271 g/mol. The summed E-state index contributed by atoms with van der Waals surface area (Å²) in [6.07, 6.45) is 8.51. The maximum atomic E-state index is 5.89. The average molecular weight is 271 g/mol. The molecule has 1 aliphatic rings. The molecule has 0 saturated heterocycles. The van der Waals surface area contributed by atoms with Crippen LogP contribution in [0.1, 0.15) is 31.2 Å². The Labute approximate surface area is 120 Å². The molecule has 0 aliphatic heterocycles. The molecule has 0 amide bonds. The van der Waals surface area contributed by atoms with Crippen molar-refractivity contribution in [1.82, 2.24) is 10.3 Å². The predicted molar refractivity (Wildman–Crippen MR) is 84.8 cm³/mol. The average Bonchev–Trinajstić information content (AvgIpc) is 2.91. The normalized spacial score (nSPS) is 23.2. The lowest BCUT2D eigenvalue weighted by Crippen LogP contribution is -2.42. The summed E-state index contributed by atoms with van der Waals surface area (Å²) in [6, 6.07) is 9.15. The van der Waals surface area contributed by atoms with E-state index in [0.29, 0.717) is 12.0 Å². The first-order valence-corrected chi connectivity index (χ1v) is 7.87. The molecule has 0 spiro atoms. The van der Waals surface area contributed by atoms with Gasteiger partial charge < -0.3 is 16.0 Å². The Morgan fingerprint density at radius 1 is 1.20 bits per heavy atom. The van der Waals surface area contributed by atoms with E-state index in [0.717, 1.165) is 19.5 Å². The van der Waals surface area contributed by atoms with Gasteiger partial charge in [0.2, 0.25) is 0 Å². The molecule has 1 aromatic heterocycles. The van der Waals surface area contributed by atoms with Crippen LogP contribution in [0.3, 0.4) is 0 Å². The molecule has 0 bridgehead atoms.